The molecular weight excluding hydrogens is 224 g/mol. The molecule has 1 saturated heterocycles. The van der Waals surface area contributed by atoms with Gasteiger partial charge in [-0.2, -0.15) is 0 Å². The van der Waals surface area contributed by atoms with Crippen molar-refractivity contribution in [2.75, 3.05) is 0 Å². The van der Waals surface area contributed by atoms with E-state index in [-0.39, 0.29) is 11.1 Å². The molecule has 2 amide bonds. The fourth-order valence-corrected chi connectivity index (χ4v) is 1.77. The van der Waals surface area contributed by atoms with Crippen LogP contribution < -0.4 is 5.32 Å². The maximum Gasteiger partial charge on any atom is 0.258 e. The molecule has 0 saturated carbocycles. The Kier molecular flexibility index (Phi) is 2.42. The van der Waals surface area contributed by atoms with Crippen LogP contribution in [-0.2, 0) is 9.59 Å². The summed E-state index contributed by atoms with van der Waals surface area (Å²) in [4.78, 5) is 33.4. The van der Waals surface area contributed by atoms with Crippen molar-refractivity contribution in [3.8, 4) is 0 Å². The van der Waals surface area contributed by atoms with Gasteiger partial charge in [0, 0.05) is 23.5 Å². The second-order valence-corrected chi connectivity index (χ2v) is 4.08. The molecule has 0 aromatic carbocycles. The van der Waals surface area contributed by atoms with Gasteiger partial charge in [0.05, 0.1) is 5.57 Å². The lowest BCUT2D eigenvalue weighted by Crippen LogP contribution is -2.31. The summed E-state index contributed by atoms with van der Waals surface area (Å²) >= 11 is 0. The van der Waals surface area contributed by atoms with Crippen molar-refractivity contribution in [2.24, 2.45) is 0 Å². The minimum atomic E-state index is -1.46. The van der Waals surface area contributed by atoms with Crippen molar-refractivity contribution in [3.63, 3.8) is 0 Å². The minimum Gasteiger partial charge on any atom is -0.288 e. The summed E-state index contributed by atoms with van der Waals surface area (Å²) in [6.45, 7) is 1.38. The van der Waals surface area contributed by atoms with Crippen LogP contribution in [0.25, 0.3) is 0 Å². The highest BCUT2D eigenvalue weighted by Gasteiger charge is 2.38. The molecule has 0 bridgehead atoms. The van der Waals surface area contributed by atoms with Gasteiger partial charge in [0.25, 0.3) is 17.4 Å². The van der Waals surface area contributed by atoms with E-state index < -0.39 is 22.3 Å². The number of allylic oxidation sites excluding steroid dienone is 2. The summed E-state index contributed by atoms with van der Waals surface area (Å²) in [5.41, 5.74) is -1.16. The topological polar surface area (TPSA) is 89.3 Å². The number of rotatable bonds is 1. The highest BCUT2D eigenvalue weighted by Crippen LogP contribution is 2.26. The largest absolute Gasteiger partial charge is 0.288 e. The first kappa shape index (κ1) is 11.3. The summed E-state index contributed by atoms with van der Waals surface area (Å²) in [5, 5.41) is 13.1. The zero-order valence-corrected chi connectivity index (χ0v) is 9.10. The number of carbonyl (C=O) groups excluding carboxylic acids is 2. The zero-order chi connectivity index (χ0) is 12.6. The van der Waals surface area contributed by atoms with Crippen molar-refractivity contribution < 1.29 is 14.5 Å². The first-order valence-corrected chi connectivity index (χ1v) is 5.05. The van der Waals surface area contributed by atoms with Crippen LogP contribution in [0, 0.1) is 10.1 Å². The third-order valence-corrected chi connectivity index (χ3v) is 2.75. The Labute approximate surface area is 96.8 Å². The Morgan fingerprint density at radius 3 is 2.65 bits per heavy atom. The van der Waals surface area contributed by atoms with Crippen LogP contribution in [-0.4, -0.2) is 22.3 Å². The van der Waals surface area contributed by atoms with E-state index in [9.17, 15) is 19.7 Å². The molecule has 1 aliphatic carbocycles. The fourth-order valence-electron chi connectivity index (χ4n) is 1.77. The van der Waals surface area contributed by atoms with Crippen LogP contribution in [0.4, 0.5) is 0 Å². The molecular formula is C11H10N2O4. The smallest absolute Gasteiger partial charge is 0.258 e. The number of carbonyl (C=O) groups is 2. The number of nitro groups is 1. The van der Waals surface area contributed by atoms with Crippen LogP contribution in [0.5, 0.6) is 0 Å². The van der Waals surface area contributed by atoms with Gasteiger partial charge in [-0.25, -0.2) is 0 Å². The second kappa shape index (κ2) is 3.65. The van der Waals surface area contributed by atoms with Crippen molar-refractivity contribution in [1.82, 2.24) is 5.32 Å². The monoisotopic (exact) mass is 234 g/mol. The van der Waals surface area contributed by atoms with Gasteiger partial charge in [0.15, 0.2) is 0 Å². The number of amides is 2. The molecule has 17 heavy (non-hydrogen) atoms. The van der Waals surface area contributed by atoms with E-state index in [4.69, 9.17) is 0 Å². The molecule has 88 valence electrons. The molecule has 0 aromatic rings. The number of hydrogen-bond donors (Lipinski definition) is 1. The minimum absolute atomic E-state index is 0.0820. The molecule has 0 aromatic heterocycles. The summed E-state index contributed by atoms with van der Waals surface area (Å²) in [6.07, 6.45) is 6.22. The first-order chi connectivity index (χ1) is 7.94. The van der Waals surface area contributed by atoms with E-state index in [0.29, 0.717) is 6.42 Å². The molecule has 1 N–H and O–H groups in total. The molecule has 1 aliphatic heterocycles. The number of imide groups is 1. The Morgan fingerprint density at radius 2 is 2.00 bits per heavy atom. The lowest BCUT2D eigenvalue weighted by molar-refractivity contribution is -0.535. The van der Waals surface area contributed by atoms with Crippen LogP contribution in [0.1, 0.15) is 13.3 Å². The summed E-state index contributed by atoms with van der Waals surface area (Å²) < 4.78 is 0. The van der Waals surface area contributed by atoms with E-state index >= 15 is 0 Å². The van der Waals surface area contributed by atoms with E-state index in [0.717, 1.165) is 0 Å². The van der Waals surface area contributed by atoms with Gasteiger partial charge in [-0.3, -0.25) is 25.0 Å². The molecule has 6 nitrogen and oxygen atoms in total. The highest BCUT2D eigenvalue weighted by atomic mass is 16.6. The van der Waals surface area contributed by atoms with Crippen molar-refractivity contribution in [2.45, 2.75) is 18.9 Å². The van der Waals surface area contributed by atoms with Crippen LogP contribution in [0.3, 0.4) is 0 Å². The molecule has 1 atom stereocenters. The predicted molar refractivity (Wildman–Crippen MR) is 58.5 cm³/mol. The summed E-state index contributed by atoms with van der Waals surface area (Å²) in [5.74, 6) is -1.08. The standard InChI is InChI=1S/C11H10N2O4/c1-11(13(16)17)5-3-2-4-7-8(6-11)10(15)12-9(7)14/h3-6H,2H2,1H3,(H,12,14,15)/b5-3-,7-4+,8-6+. The number of fused-ring (bicyclic) bond motifs is 1. The van der Waals surface area contributed by atoms with Crippen molar-refractivity contribution >= 4 is 11.8 Å². The number of nitrogens with one attached hydrogen (secondary N) is 1. The summed E-state index contributed by atoms with van der Waals surface area (Å²) in [6, 6.07) is 0. The molecule has 0 radical (unpaired) electrons. The van der Waals surface area contributed by atoms with Crippen LogP contribution >= 0.6 is 0 Å². The molecule has 1 heterocycles. The average molecular weight is 234 g/mol. The maximum absolute atomic E-state index is 11.5. The Hall–Kier alpha value is -2.24. The first-order valence-electron chi connectivity index (χ1n) is 5.05. The average Bonchev–Trinajstić information content (AvgIpc) is 2.46. The lowest BCUT2D eigenvalue weighted by atomic mass is 9.93. The van der Waals surface area contributed by atoms with Crippen molar-refractivity contribution in [3.05, 3.63) is 45.6 Å². The molecule has 1 unspecified atom stereocenters. The van der Waals surface area contributed by atoms with Gasteiger partial charge in [0.1, 0.15) is 0 Å². The lowest BCUT2D eigenvalue weighted by Gasteiger charge is -2.14. The van der Waals surface area contributed by atoms with Crippen molar-refractivity contribution in [1.29, 1.82) is 0 Å². The van der Waals surface area contributed by atoms with E-state index in [1.165, 1.54) is 19.1 Å². The van der Waals surface area contributed by atoms with Crippen LogP contribution in [0.2, 0.25) is 0 Å². The molecule has 0 spiro atoms. The summed E-state index contributed by atoms with van der Waals surface area (Å²) in [7, 11) is 0. The van der Waals surface area contributed by atoms with E-state index in [1.54, 1.807) is 12.2 Å². The number of nitrogens with zero attached hydrogens (tertiary/aromatic N) is 1. The van der Waals surface area contributed by atoms with Gasteiger partial charge in [0.2, 0.25) is 0 Å². The fraction of sp³-hybridized carbons (Fsp3) is 0.273. The van der Waals surface area contributed by atoms with Gasteiger partial charge in [-0.15, -0.1) is 0 Å². The van der Waals surface area contributed by atoms with Gasteiger partial charge in [-0.1, -0.05) is 12.2 Å². The third-order valence-electron chi connectivity index (χ3n) is 2.75. The predicted octanol–water partition coefficient (Wildman–Crippen LogP) is 0.491. The molecule has 1 fully saturated rings. The Balaban J connectivity index is 2.59. The SMILES string of the molecule is CC1([N+](=O)[O-])/C=C\C/C=C2/C(=O)NC(=O)/C2=C/1. The van der Waals surface area contributed by atoms with Gasteiger partial charge >= 0.3 is 0 Å². The third kappa shape index (κ3) is 1.77. The Morgan fingerprint density at radius 1 is 1.35 bits per heavy atom. The Bertz CT molecular complexity index is 516. The second-order valence-electron chi connectivity index (χ2n) is 4.08. The molecule has 6 heteroatoms. The number of hydrogen-bond acceptors (Lipinski definition) is 4. The molecule has 2 rings (SSSR count). The quantitative estimate of drug-likeness (QED) is 0.309. The van der Waals surface area contributed by atoms with Gasteiger partial charge in [-0.05, 0) is 12.5 Å². The van der Waals surface area contributed by atoms with Crippen LogP contribution in [0.15, 0.2) is 35.5 Å². The normalized spacial score (nSPS) is 35.6. The van der Waals surface area contributed by atoms with E-state index in [2.05, 4.69) is 5.32 Å². The highest BCUT2D eigenvalue weighted by molar-refractivity contribution is 6.24. The van der Waals surface area contributed by atoms with Gasteiger partial charge < -0.3 is 0 Å². The zero-order valence-electron chi connectivity index (χ0n) is 9.10. The maximum atomic E-state index is 11.5. The molecule has 2 aliphatic rings. The van der Waals surface area contributed by atoms with E-state index in [1.807, 2.05) is 0 Å².